The highest BCUT2D eigenvalue weighted by molar-refractivity contribution is 14.0. The molecule has 0 amide bonds. The van der Waals surface area contributed by atoms with E-state index in [9.17, 15) is 0 Å². The molecule has 0 bridgehead atoms. The molecule has 150 valence electrons. The second-order valence-corrected chi connectivity index (χ2v) is 6.30. The maximum Gasteiger partial charge on any atom is 0.190 e. The number of hydrogen-bond donors (Lipinski definition) is 3. The van der Waals surface area contributed by atoms with Crippen LogP contribution in [0.15, 0.2) is 29.4 Å². The largest absolute Gasteiger partial charge is 0.378 e. The van der Waals surface area contributed by atoms with Crippen LogP contribution in [0, 0.1) is 5.92 Å². The fourth-order valence-corrected chi connectivity index (χ4v) is 2.52. The van der Waals surface area contributed by atoms with E-state index in [1.807, 2.05) is 25.1 Å². The number of halogens is 1. The van der Waals surface area contributed by atoms with Crippen molar-refractivity contribution in [1.82, 2.24) is 15.6 Å². The standard InChI is InChI=1S/C19H35N5O.HI/c1-5-25-17(16(2)3)11-15-24-19(20-4)23-14-9-8-13-22-18-10-6-7-12-21-18;/h6-7,10,12,16-17H,5,8-9,11,13-15H2,1-4H3,(H,21,22)(H2,20,23,24);1H. The molecular weight excluding hydrogens is 441 g/mol. The lowest BCUT2D eigenvalue weighted by Crippen LogP contribution is -2.39. The Morgan fingerprint density at radius 1 is 1.15 bits per heavy atom. The molecule has 1 rings (SSSR count). The van der Waals surface area contributed by atoms with Crippen molar-refractivity contribution in [2.24, 2.45) is 10.9 Å². The minimum absolute atomic E-state index is 0. The van der Waals surface area contributed by atoms with E-state index in [2.05, 4.69) is 39.8 Å². The van der Waals surface area contributed by atoms with Gasteiger partial charge in [0.1, 0.15) is 5.82 Å². The number of pyridine rings is 1. The fraction of sp³-hybridized carbons (Fsp3) is 0.684. The zero-order chi connectivity index (χ0) is 18.3. The minimum atomic E-state index is 0. The molecule has 1 aromatic heterocycles. The first-order valence-electron chi connectivity index (χ1n) is 9.38. The number of hydrogen-bond acceptors (Lipinski definition) is 4. The molecule has 6 nitrogen and oxygen atoms in total. The Labute approximate surface area is 176 Å². The first kappa shape index (κ1) is 24.9. The van der Waals surface area contributed by atoms with E-state index in [-0.39, 0.29) is 24.0 Å². The van der Waals surface area contributed by atoms with Gasteiger partial charge in [-0.25, -0.2) is 4.98 Å². The Morgan fingerprint density at radius 2 is 1.88 bits per heavy atom. The Balaban J connectivity index is 0.00000625. The molecule has 7 heteroatoms. The van der Waals surface area contributed by atoms with Gasteiger partial charge in [0, 0.05) is 39.5 Å². The van der Waals surface area contributed by atoms with Gasteiger partial charge in [0.05, 0.1) is 6.10 Å². The van der Waals surface area contributed by atoms with E-state index in [1.165, 1.54) is 0 Å². The maximum absolute atomic E-state index is 5.77. The Morgan fingerprint density at radius 3 is 2.50 bits per heavy atom. The highest BCUT2D eigenvalue weighted by atomic mass is 127. The third-order valence-corrected chi connectivity index (χ3v) is 3.94. The minimum Gasteiger partial charge on any atom is -0.378 e. The summed E-state index contributed by atoms with van der Waals surface area (Å²) in [6.07, 6.45) is 5.25. The molecule has 0 spiro atoms. The molecule has 0 saturated carbocycles. The average molecular weight is 477 g/mol. The van der Waals surface area contributed by atoms with Gasteiger partial charge in [-0.2, -0.15) is 0 Å². The first-order chi connectivity index (χ1) is 12.2. The zero-order valence-electron chi connectivity index (χ0n) is 16.6. The second kappa shape index (κ2) is 16.1. The fourth-order valence-electron chi connectivity index (χ4n) is 2.52. The van der Waals surface area contributed by atoms with Gasteiger partial charge in [-0.3, -0.25) is 4.99 Å². The highest BCUT2D eigenvalue weighted by Crippen LogP contribution is 2.09. The second-order valence-electron chi connectivity index (χ2n) is 6.30. The highest BCUT2D eigenvalue weighted by Gasteiger charge is 2.12. The number of nitrogens with one attached hydrogen (secondary N) is 3. The van der Waals surface area contributed by atoms with Gasteiger partial charge >= 0.3 is 0 Å². The number of anilines is 1. The normalized spacial score (nSPS) is 12.4. The summed E-state index contributed by atoms with van der Waals surface area (Å²) in [5.41, 5.74) is 0. The van der Waals surface area contributed by atoms with Gasteiger partial charge in [-0.1, -0.05) is 19.9 Å². The molecule has 0 aromatic carbocycles. The van der Waals surface area contributed by atoms with Crippen LogP contribution in [0.4, 0.5) is 5.82 Å². The summed E-state index contributed by atoms with van der Waals surface area (Å²) >= 11 is 0. The van der Waals surface area contributed by atoms with Crippen molar-refractivity contribution in [1.29, 1.82) is 0 Å². The summed E-state index contributed by atoms with van der Waals surface area (Å²) in [7, 11) is 1.81. The smallest absolute Gasteiger partial charge is 0.190 e. The van der Waals surface area contributed by atoms with E-state index in [0.717, 1.165) is 57.3 Å². The van der Waals surface area contributed by atoms with E-state index in [1.54, 1.807) is 13.2 Å². The number of aliphatic imine (C=N–C) groups is 1. The van der Waals surface area contributed by atoms with Crippen LogP contribution in [-0.4, -0.2) is 50.3 Å². The van der Waals surface area contributed by atoms with Crippen LogP contribution in [0.3, 0.4) is 0 Å². The van der Waals surface area contributed by atoms with Gasteiger partial charge in [0.15, 0.2) is 5.96 Å². The molecule has 26 heavy (non-hydrogen) atoms. The van der Waals surface area contributed by atoms with Crippen molar-refractivity contribution in [2.75, 3.05) is 38.6 Å². The van der Waals surface area contributed by atoms with Crippen LogP contribution in [0.2, 0.25) is 0 Å². The number of guanidine groups is 1. The predicted molar refractivity (Wildman–Crippen MR) is 122 cm³/mol. The van der Waals surface area contributed by atoms with Crippen LogP contribution in [-0.2, 0) is 4.74 Å². The zero-order valence-corrected chi connectivity index (χ0v) is 19.0. The number of ether oxygens (including phenoxy) is 1. The maximum atomic E-state index is 5.77. The van der Waals surface area contributed by atoms with Crippen LogP contribution in [0.1, 0.15) is 40.0 Å². The Bertz CT molecular complexity index is 470. The van der Waals surface area contributed by atoms with Gasteiger partial charge < -0.3 is 20.7 Å². The third-order valence-electron chi connectivity index (χ3n) is 3.94. The molecule has 1 aromatic rings. The molecule has 0 aliphatic carbocycles. The van der Waals surface area contributed by atoms with Crippen molar-refractivity contribution in [3.05, 3.63) is 24.4 Å². The SMILES string of the molecule is CCOC(CCNC(=NC)NCCCCNc1ccccn1)C(C)C.I. The van der Waals surface area contributed by atoms with Crippen molar-refractivity contribution >= 4 is 35.8 Å². The van der Waals surface area contributed by atoms with Crippen molar-refractivity contribution in [2.45, 2.75) is 46.1 Å². The van der Waals surface area contributed by atoms with E-state index in [4.69, 9.17) is 4.74 Å². The van der Waals surface area contributed by atoms with E-state index in [0.29, 0.717) is 12.0 Å². The summed E-state index contributed by atoms with van der Waals surface area (Å²) in [5.74, 6) is 2.32. The lowest BCUT2D eigenvalue weighted by atomic mass is 10.0. The summed E-state index contributed by atoms with van der Waals surface area (Å²) in [4.78, 5) is 8.51. The molecule has 0 fully saturated rings. The molecule has 0 radical (unpaired) electrons. The lowest BCUT2D eigenvalue weighted by molar-refractivity contribution is 0.0258. The summed E-state index contributed by atoms with van der Waals surface area (Å²) in [6, 6.07) is 5.89. The van der Waals surface area contributed by atoms with Gasteiger partial charge in [-0.15, -0.1) is 24.0 Å². The van der Waals surface area contributed by atoms with Gasteiger partial charge in [-0.05, 0) is 44.2 Å². The molecule has 0 aliphatic heterocycles. The average Bonchev–Trinajstić information content (AvgIpc) is 2.62. The van der Waals surface area contributed by atoms with Crippen LogP contribution in [0.5, 0.6) is 0 Å². The summed E-state index contributed by atoms with van der Waals surface area (Å²) in [5, 5.41) is 10.0. The molecule has 1 heterocycles. The summed E-state index contributed by atoms with van der Waals surface area (Å²) in [6.45, 7) is 9.91. The monoisotopic (exact) mass is 477 g/mol. The van der Waals surface area contributed by atoms with Crippen LogP contribution >= 0.6 is 24.0 Å². The quantitative estimate of drug-likeness (QED) is 0.186. The van der Waals surface area contributed by atoms with E-state index < -0.39 is 0 Å². The third kappa shape index (κ3) is 11.5. The van der Waals surface area contributed by atoms with Crippen molar-refractivity contribution in [3.8, 4) is 0 Å². The van der Waals surface area contributed by atoms with Crippen LogP contribution in [0.25, 0.3) is 0 Å². The van der Waals surface area contributed by atoms with Gasteiger partial charge in [0.2, 0.25) is 0 Å². The summed E-state index contributed by atoms with van der Waals surface area (Å²) < 4.78 is 5.77. The number of rotatable bonds is 12. The van der Waals surface area contributed by atoms with E-state index >= 15 is 0 Å². The number of unbranched alkanes of at least 4 members (excludes halogenated alkanes) is 1. The predicted octanol–water partition coefficient (Wildman–Crippen LogP) is 3.51. The molecule has 3 N–H and O–H groups in total. The van der Waals surface area contributed by atoms with Crippen molar-refractivity contribution in [3.63, 3.8) is 0 Å². The topological polar surface area (TPSA) is 70.6 Å². The molecular formula is C19H36IN5O. The molecule has 0 saturated heterocycles. The lowest BCUT2D eigenvalue weighted by Gasteiger charge is -2.21. The molecule has 1 unspecified atom stereocenters. The van der Waals surface area contributed by atoms with Crippen LogP contribution < -0.4 is 16.0 Å². The molecule has 0 aliphatic rings. The molecule has 1 atom stereocenters. The van der Waals surface area contributed by atoms with Crippen molar-refractivity contribution < 1.29 is 4.74 Å². The van der Waals surface area contributed by atoms with Gasteiger partial charge in [0.25, 0.3) is 0 Å². The first-order valence-corrected chi connectivity index (χ1v) is 9.38. The Hall–Kier alpha value is -1.09. The number of aromatic nitrogens is 1. The number of nitrogens with zero attached hydrogens (tertiary/aromatic N) is 2. The Kier molecular flexibility index (Phi) is 15.4.